The fraction of sp³-hybridized carbons (Fsp3) is 0.667. The van der Waals surface area contributed by atoms with E-state index < -0.39 is 0 Å². The Labute approximate surface area is 103 Å². The molecule has 0 atom stereocenters. The Morgan fingerprint density at radius 2 is 1.56 bits per heavy atom. The summed E-state index contributed by atoms with van der Waals surface area (Å²) in [7, 11) is 0. The van der Waals surface area contributed by atoms with Crippen LogP contribution in [-0.4, -0.2) is 5.71 Å². The van der Waals surface area contributed by atoms with E-state index in [4.69, 9.17) is 0 Å². The molecule has 0 aromatic carbocycles. The van der Waals surface area contributed by atoms with E-state index in [1.54, 1.807) is 0 Å². The number of aliphatic imine (C=N–C) groups is 1. The van der Waals surface area contributed by atoms with Crippen LogP contribution in [0.2, 0.25) is 0 Å². The molecular weight excluding hydrogens is 194 g/mol. The highest BCUT2D eigenvalue weighted by Crippen LogP contribution is 2.08. The zero-order valence-corrected chi connectivity index (χ0v) is 12.6. The molecule has 0 unspecified atom stereocenters. The van der Waals surface area contributed by atoms with Crippen LogP contribution in [0, 0.1) is 0 Å². The second-order valence-electron chi connectivity index (χ2n) is 2.52. The summed E-state index contributed by atoms with van der Waals surface area (Å²) in [6, 6.07) is 0. The first-order valence-corrected chi connectivity index (χ1v) is 6.71. The normalized spacial score (nSPS) is 12.2. The number of nitrogens with zero attached hydrogens (tertiary/aromatic N) is 1. The van der Waals surface area contributed by atoms with E-state index in [9.17, 15) is 0 Å². The predicted octanol–water partition coefficient (Wildman–Crippen LogP) is 5.78. The van der Waals surface area contributed by atoms with Crippen LogP contribution in [0.3, 0.4) is 0 Å². The Balaban J connectivity index is -0.000000245. The van der Waals surface area contributed by atoms with Gasteiger partial charge in [-0.3, -0.25) is 4.99 Å². The summed E-state index contributed by atoms with van der Waals surface area (Å²) < 4.78 is 0. The molecule has 0 radical (unpaired) electrons. The SMILES string of the molecule is CC.CC.CC.CCC1=CCC(C)=NC=C1. The molecule has 1 aliphatic heterocycles. The third-order valence-electron chi connectivity index (χ3n) is 1.65. The first-order valence-electron chi connectivity index (χ1n) is 6.71. The minimum absolute atomic E-state index is 1.01. The Morgan fingerprint density at radius 1 is 1.06 bits per heavy atom. The van der Waals surface area contributed by atoms with Crippen molar-refractivity contribution in [3.05, 3.63) is 23.9 Å². The highest BCUT2D eigenvalue weighted by Gasteiger charge is 1.93. The molecule has 1 rings (SSSR count). The smallest absolute Gasteiger partial charge is 0.0269 e. The summed E-state index contributed by atoms with van der Waals surface area (Å²) in [6.07, 6.45) is 8.33. The maximum atomic E-state index is 4.21. The highest BCUT2D eigenvalue weighted by molar-refractivity contribution is 5.84. The highest BCUT2D eigenvalue weighted by atomic mass is 14.7. The molecule has 0 aromatic heterocycles. The molecular formula is C15H31N. The van der Waals surface area contributed by atoms with Gasteiger partial charge in [-0.2, -0.15) is 0 Å². The van der Waals surface area contributed by atoms with Gasteiger partial charge in [0, 0.05) is 18.3 Å². The van der Waals surface area contributed by atoms with Crippen molar-refractivity contribution in [1.29, 1.82) is 0 Å². The third kappa shape index (κ3) is 13.2. The third-order valence-corrected chi connectivity index (χ3v) is 1.65. The molecule has 1 nitrogen and oxygen atoms in total. The molecule has 0 amide bonds. The van der Waals surface area contributed by atoms with Gasteiger partial charge < -0.3 is 0 Å². The fourth-order valence-corrected chi connectivity index (χ4v) is 0.922. The number of hydrogen-bond acceptors (Lipinski definition) is 1. The van der Waals surface area contributed by atoms with E-state index in [-0.39, 0.29) is 0 Å². The van der Waals surface area contributed by atoms with E-state index in [0.29, 0.717) is 0 Å². The van der Waals surface area contributed by atoms with Crippen molar-refractivity contribution in [2.45, 2.75) is 68.2 Å². The summed E-state index contributed by atoms with van der Waals surface area (Å²) in [6.45, 7) is 16.2. The van der Waals surface area contributed by atoms with E-state index in [1.807, 2.05) is 47.7 Å². The molecule has 0 saturated carbocycles. The standard InChI is InChI=1S/C9H13N.3C2H6/c1-3-9-5-4-8(2)10-7-6-9;3*1-2/h5-7H,3-4H2,1-2H3;3*1-2H3. The maximum absolute atomic E-state index is 4.21. The van der Waals surface area contributed by atoms with Gasteiger partial charge in [0.25, 0.3) is 0 Å². The second kappa shape index (κ2) is 19.7. The summed E-state index contributed by atoms with van der Waals surface area (Å²) in [5.74, 6) is 0. The van der Waals surface area contributed by atoms with Crippen LogP contribution in [0.15, 0.2) is 28.9 Å². The lowest BCUT2D eigenvalue weighted by atomic mass is 10.1. The molecule has 0 N–H and O–H groups in total. The Hall–Kier alpha value is -0.850. The van der Waals surface area contributed by atoms with Gasteiger partial charge in [0.05, 0.1) is 0 Å². The van der Waals surface area contributed by atoms with Gasteiger partial charge in [0.2, 0.25) is 0 Å². The van der Waals surface area contributed by atoms with Crippen LogP contribution < -0.4 is 0 Å². The molecule has 0 saturated heterocycles. The minimum atomic E-state index is 1.01. The van der Waals surface area contributed by atoms with E-state index in [0.717, 1.165) is 12.8 Å². The van der Waals surface area contributed by atoms with Crippen molar-refractivity contribution in [2.24, 2.45) is 4.99 Å². The second-order valence-corrected chi connectivity index (χ2v) is 2.52. The fourth-order valence-electron chi connectivity index (χ4n) is 0.922. The number of hydrogen-bond donors (Lipinski definition) is 0. The number of rotatable bonds is 1. The molecule has 0 aromatic rings. The van der Waals surface area contributed by atoms with Gasteiger partial charge in [0.1, 0.15) is 0 Å². The predicted molar refractivity (Wildman–Crippen MR) is 79.3 cm³/mol. The zero-order valence-electron chi connectivity index (χ0n) is 12.6. The van der Waals surface area contributed by atoms with Gasteiger partial charge in [-0.15, -0.1) is 0 Å². The monoisotopic (exact) mass is 225 g/mol. The average molecular weight is 225 g/mol. The first-order chi connectivity index (χ1) is 7.83. The van der Waals surface area contributed by atoms with Gasteiger partial charge >= 0.3 is 0 Å². The molecule has 1 heterocycles. The van der Waals surface area contributed by atoms with E-state index >= 15 is 0 Å². The van der Waals surface area contributed by atoms with Crippen LogP contribution in [0.4, 0.5) is 0 Å². The summed E-state index contributed by atoms with van der Waals surface area (Å²) in [5, 5.41) is 0. The average Bonchev–Trinajstić information content (AvgIpc) is 2.61. The minimum Gasteiger partial charge on any atom is -0.266 e. The summed E-state index contributed by atoms with van der Waals surface area (Å²) in [5.41, 5.74) is 2.58. The Bertz CT molecular complexity index is 197. The van der Waals surface area contributed by atoms with Gasteiger partial charge in [0.15, 0.2) is 0 Å². The molecule has 0 aliphatic carbocycles. The topological polar surface area (TPSA) is 12.4 Å². The van der Waals surface area contributed by atoms with Crippen molar-refractivity contribution < 1.29 is 0 Å². The molecule has 0 bridgehead atoms. The van der Waals surface area contributed by atoms with Gasteiger partial charge in [-0.05, 0) is 19.4 Å². The molecule has 96 valence electrons. The van der Waals surface area contributed by atoms with Crippen LogP contribution in [0.1, 0.15) is 68.2 Å². The van der Waals surface area contributed by atoms with Crippen LogP contribution >= 0.6 is 0 Å². The summed E-state index contributed by atoms with van der Waals surface area (Å²) in [4.78, 5) is 4.21. The van der Waals surface area contributed by atoms with Gasteiger partial charge in [-0.25, -0.2) is 0 Å². The van der Waals surface area contributed by atoms with Gasteiger partial charge in [-0.1, -0.05) is 60.1 Å². The van der Waals surface area contributed by atoms with Crippen LogP contribution in [-0.2, 0) is 0 Å². The van der Waals surface area contributed by atoms with E-state index in [2.05, 4.69) is 31.0 Å². The largest absolute Gasteiger partial charge is 0.266 e. The Morgan fingerprint density at radius 3 is 2.00 bits per heavy atom. The number of allylic oxidation sites excluding steroid dienone is 3. The lowest BCUT2D eigenvalue weighted by molar-refractivity contribution is 1.13. The summed E-state index contributed by atoms with van der Waals surface area (Å²) >= 11 is 0. The van der Waals surface area contributed by atoms with E-state index in [1.165, 1.54) is 11.3 Å². The zero-order chi connectivity index (χ0) is 13.4. The van der Waals surface area contributed by atoms with Crippen LogP contribution in [0.25, 0.3) is 0 Å². The van der Waals surface area contributed by atoms with Crippen molar-refractivity contribution in [3.8, 4) is 0 Å². The maximum Gasteiger partial charge on any atom is 0.0269 e. The Kier molecular flexibility index (Phi) is 25.3. The quantitative estimate of drug-likeness (QED) is 0.536. The van der Waals surface area contributed by atoms with Crippen molar-refractivity contribution in [3.63, 3.8) is 0 Å². The first kappa shape index (κ1) is 20.5. The molecule has 1 heteroatoms. The lowest BCUT2D eigenvalue weighted by Gasteiger charge is -1.92. The van der Waals surface area contributed by atoms with Crippen molar-refractivity contribution in [1.82, 2.24) is 0 Å². The van der Waals surface area contributed by atoms with Crippen molar-refractivity contribution in [2.75, 3.05) is 0 Å². The molecule has 0 fully saturated rings. The molecule has 16 heavy (non-hydrogen) atoms. The molecule has 0 spiro atoms. The molecule has 1 aliphatic rings. The lowest BCUT2D eigenvalue weighted by Crippen LogP contribution is -1.84. The van der Waals surface area contributed by atoms with Crippen molar-refractivity contribution >= 4 is 5.71 Å². The van der Waals surface area contributed by atoms with Crippen LogP contribution in [0.5, 0.6) is 0 Å².